The summed E-state index contributed by atoms with van der Waals surface area (Å²) in [6.45, 7) is -0.377. The fourth-order valence-corrected chi connectivity index (χ4v) is 2.17. The highest BCUT2D eigenvalue weighted by Gasteiger charge is 2.19. The molecule has 0 amide bonds. The number of benzene rings is 1. The molecular weight excluding hydrogens is 226 g/mol. The Bertz CT molecular complexity index is 364. The summed E-state index contributed by atoms with van der Waals surface area (Å²) in [7, 11) is 0. The first-order valence-corrected chi connectivity index (χ1v) is 5.96. The van der Waals surface area contributed by atoms with E-state index in [2.05, 4.69) is 0 Å². The second kappa shape index (κ2) is 5.45. The van der Waals surface area contributed by atoms with Gasteiger partial charge in [0.2, 0.25) is 0 Å². The zero-order chi connectivity index (χ0) is 12.3. The van der Waals surface area contributed by atoms with Crippen molar-refractivity contribution in [3.8, 4) is 5.75 Å². The fraction of sp³-hybridized carbons (Fsp3) is 0.538. The summed E-state index contributed by atoms with van der Waals surface area (Å²) >= 11 is 0. The number of hydrogen-bond acceptors (Lipinski definition) is 2. The highest BCUT2D eigenvalue weighted by atomic mass is 19.1. The maximum absolute atomic E-state index is 13.6. The molecule has 2 nitrogen and oxygen atoms in total. The molecular formula is C13H16F2O2. The van der Waals surface area contributed by atoms with Crippen molar-refractivity contribution >= 4 is 0 Å². The lowest BCUT2D eigenvalue weighted by molar-refractivity contribution is 0.142. The lowest BCUT2D eigenvalue weighted by atomic mass is 9.98. The molecule has 1 N–H and O–H groups in total. The van der Waals surface area contributed by atoms with Crippen LogP contribution in [0.25, 0.3) is 0 Å². The third-order valence-corrected chi connectivity index (χ3v) is 3.08. The summed E-state index contributed by atoms with van der Waals surface area (Å²) in [5.74, 6) is -1.78. The molecule has 0 aromatic heterocycles. The molecule has 1 aromatic carbocycles. The van der Waals surface area contributed by atoms with Gasteiger partial charge in [0, 0.05) is 0 Å². The van der Waals surface area contributed by atoms with Crippen LogP contribution in [0.2, 0.25) is 0 Å². The van der Waals surface area contributed by atoms with Gasteiger partial charge in [0.25, 0.3) is 0 Å². The zero-order valence-electron chi connectivity index (χ0n) is 9.59. The Kier molecular flexibility index (Phi) is 3.94. The highest BCUT2D eigenvalue weighted by Crippen LogP contribution is 2.28. The first kappa shape index (κ1) is 12.3. The van der Waals surface area contributed by atoms with Crippen LogP contribution < -0.4 is 4.74 Å². The second-order valence-corrected chi connectivity index (χ2v) is 4.42. The Labute approximate surface area is 99.2 Å². The van der Waals surface area contributed by atoms with Gasteiger partial charge >= 0.3 is 0 Å². The van der Waals surface area contributed by atoms with Crippen LogP contribution in [0.1, 0.15) is 37.7 Å². The normalized spacial score (nSPS) is 17.1. The summed E-state index contributed by atoms with van der Waals surface area (Å²) in [6, 6.07) is 2.22. The molecule has 0 atom stereocenters. The SMILES string of the molecule is OCc1cc(F)c(OC2CCCCC2)c(F)c1. The van der Waals surface area contributed by atoms with Crippen LogP contribution in [0.3, 0.4) is 0 Å². The van der Waals surface area contributed by atoms with Gasteiger partial charge < -0.3 is 9.84 Å². The third-order valence-electron chi connectivity index (χ3n) is 3.08. The van der Waals surface area contributed by atoms with Crippen molar-refractivity contribution in [1.29, 1.82) is 0 Å². The lowest BCUT2D eigenvalue weighted by Crippen LogP contribution is -2.20. The summed E-state index contributed by atoms with van der Waals surface area (Å²) in [6.07, 6.45) is 4.86. The average Bonchev–Trinajstić information content (AvgIpc) is 2.35. The summed E-state index contributed by atoms with van der Waals surface area (Å²) < 4.78 is 32.5. The van der Waals surface area contributed by atoms with Gasteiger partial charge in [-0.05, 0) is 43.4 Å². The van der Waals surface area contributed by atoms with E-state index in [1.54, 1.807) is 0 Å². The molecule has 0 spiro atoms. The van der Waals surface area contributed by atoms with E-state index in [4.69, 9.17) is 9.84 Å². The molecule has 2 rings (SSSR count). The molecule has 0 heterocycles. The summed E-state index contributed by atoms with van der Waals surface area (Å²) in [5.41, 5.74) is 0.219. The number of aliphatic hydroxyl groups excluding tert-OH is 1. The first-order chi connectivity index (χ1) is 8.20. The van der Waals surface area contributed by atoms with Gasteiger partial charge in [-0.25, -0.2) is 8.78 Å². The standard InChI is InChI=1S/C13H16F2O2/c14-11-6-9(8-16)7-12(15)13(11)17-10-4-2-1-3-5-10/h6-7,10,16H,1-5,8H2. The Hall–Kier alpha value is -1.16. The van der Waals surface area contributed by atoms with Crippen LogP contribution in [0, 0.1) is 11.6 Å². The Morgan fingerprint density at radius 2 is 1.71 bits per heavy atom. The van der Waals surface area contributed by atoms with Crippen LogP contribution in [0.15, 0.2) is 12.1 Å². The number of rotatable bonds is 3. The van der Waals surface area contributed by atoms with Crippen molar-refractivity contribution in [2.24, 2.45) is 0 Å². The van der Waals surface area contributed by atoms with E-state index >= 15 is 0 Å². The van der Waals surface area contributed by atoms with Crippen molar-refractivity contribution in [3.05, 3.63) is 29.3 Å². The van der Waals surface area contributed by atoms with E-state index in [0.717, 1.165) is 44.2 Å². The minimum absolute atomic E-state index is 0.0901. The molecule has 0 unspecified atom stereocenters. The van der Waals surface area contributed by atoms with Crippen molar-refractivity contribution in [2.75, 3.05) is 0 Å². The predicted molar refractivity (Wildman–Crippen MR) is 59.8 cm³/mol. The maximum atomic E-state index is 13.6. The van der Waals surface area contributed by atoms with Gasteiger partial charge in [0.05, 0.1) is 12.7 Å². The Morgan fingerprint density at radius 1 is 1.12 bits per heavy atom. The second-order valence-electron chi connectivity index (χ2n) is 4.42. The monoisotopic (exact) mass is 242 g/mol. The molecule has 0 aliphatic heterocycles. The number of ether oxygens (including phenoxy) is 1. The van der Waals surface area contributed by atoms with Crippen LogP contribution in [-0.2, 0) is 6.61 Å². The Balaban J connectivity index is 2.14. The summed E-state index contributed by atoms with van der Waals surface area (Å²) in [4.78, 5) is 0. The summed E-state index contributed by atoms with van der Waals surface area (Å²) in [5, 5.41) is 8.82. The third kappa shape index (κ3) is 2.94. The van der Waals surface area contributed by atoms with Gasteiger partial charge in [-0.15, -0.1) is 0 Å². The number of hydrogen-bond donors (Lipinski definition) is 1. The van der Waals surface area contributed by atoms with Gasteiger partial charge in [-0.1, -0.05) is 6.42 Å². The predicted octanol–water partition coefficient (Wildman–Crippen LogP) is 3.17. The maximum Gasteiger partial charge on any atom is 0.191 e. The Morgan fingerprint density at radius 3 is 2.24 bits per heavy atom. The van der Waals surface area contributed by atoms with Gasteiger partial charge in [-0.3, -0.25) is 0 Å². The molecule has 1 fully saturated rings. The topological polar surface area (TPSA) is 29.5 Å². The molecule has 1 aromatic rings. The van der Waals surface area contributed by atoms with E-state index in [1.165, 1.54) is 0 Å². The van der Waals surface area contributed by atoms with Crippen molar-refractivity contribution in [1.82, 2.24) is 0 Å². The van der Waals surface area contributed by atoms with E-state index < -0.39 is 11.6 Å². The quantitative estimate of drug-likeness (QED) is 0.882. The van der Waals surface area contributed by atoms with E-state index in [-0.39, 0.29) is 24.0 Å². The van der Waals surface area contributed by atoms with Crippen molar-refractivity contribution in [3.63, 3.8) is 0 Å². The average molecular weight is 242 g/mol. The van der Waals surface area contributed by atoms with E-state index in [1.807, 2.05) is 0 Å². The molecule has 17 heavy (non-hydrogen) atoms. The molecule has 1 aliphatic rings. The molecule has 0 bridgehead atoms. The molecule has 0 saturated heterocycles. The van der Waals surface area contributed by atoms with Crippen LogP contribution in [-0.4, -0.2) is 11.2 Å². The highest BCUT2D eigenvalue weighted by molar-refractivity contribution is 5.31. The van der Waals surface area contributed by atoms with Gasteiger partial charge in [0.15, 0.2) is 17.4 Å². The van der Waals surface area contributed by atoms with Crippen LogP contribution in [0.4, 0.5) is 8.78 Å². The van der Waals surface area contributed by atoms with Crippen LogP contribution in [0.5, 0.6) is 5.75 Å². The molecule has 1 aliphatic carbocycles. The molecule has 0 radical (unpaired) electrons. The number of halogens is 2. The number of aliphatic hydroxyl groups is 1. The fourth-order valence-electron chi connectivity index (χ4n) is 2.17. The van der Waals surface area contributed by atoms with Crippen molar-refractivity contribution < 1.29 is 18.6 Å². The minimum atomic E-state index is -0.736. The minimum Gasteiger partial charge on any atom is -0.484 e. The van der Waals surface area contributed by atoms with Gasteiger partial charge in [-0.2, -0.15) is 0 Å². The first-order valence-electron chi connectivity index (χ1n) is 5.96. The van der Waals surface area contributed by atoms with Gasteiger partial charge in [0.1, 0.15) is 0 Å². The van der Waals surface area contributed by atoms with E-state index in [9.17, 15) is 8.78 Å². The lowest BCUT2D eigenvalue weighted by Gasteiger charge is -2.23. The van der Waals surface area contributed by atoms with E-state index in [0.29, 0.717) is 0 Å². The van der Waals surface area contributed by atoms with Crippen molar-refractivity contribution in [2.45, 2.75) is 44.8 Å². The zero-order valence-corrected chi connectivity index (χ0v) is 9.59. The molecule has 4 heteroatoms. The molecule has 94 valence electrons. The molecule has 1 saturated carbocycles. The largest absolute Gasteiger partial charge is 0.484 e. The van der Waals surface area contributed by atoms with Crippen LogP contribution >= 0.6 is 0 Å². The smallest absolute Gasteiger partial charge is 0.191 e.